The van der Waals surface area contributed by atoms with Crippen LogP contribution < -0.4 is 5.32 Å². The summed E-state index contributed by atoms with van der Waals surface area (Å²) in [7, 11) is 1.93. The van der Waals surface area contributed by atoms with Crippen molar-refractivity contribution in [1.29, 1.82) is 0 Å². The third-order valence-electron chi connectivity index (χ3n) is 2.72. The lowest BCUT2D eigenvalue weighted by molar-refractivity contribution is -0.126. The van der Waals surface area contributed by atoms with E-state index in [1.165, 1.54) is 0 Å². The van der Waals surface area contributed by atoms with Gasteiger partial charge in [0.25, 0.3) is 0 Å². The average Bonchev–Trinajstić information content (AvgIpc) is 2.20. The van der Waals surface area contributed by atoms with E-state index in [0.29, 0.717) is 19.6 Å². The lowest BCUT2D eigenvalue weighted by atomic mass is 10.0. The first-order chi connectivity index (χ1) is 8.18. The van der Waals surface area contributed by atoms with Crippen molar-refractivity contribution < 1.29 is 14.3 Å². The van der Waals surface area contributed by atoms with Gasteiger partial charge in [0.05, 0.1) is 24.4 Å². The molecule has 1 N–H and O–H groups in total. The van der Waals surface area contributed by atoms with Gasteiger partial charge in [-0.25, -0.2) is 0 Å². The lowest BCUT2D eigenvalue weighted by Gasteiger charge is -2.28. The first-order valence-electron chi connectivity index (χ1n) is 6.60. The van der Waals surface area contributed by atoms with Gasteiger partial charge in [-0.1, -0.05) is 0 Å². The van der Waals surface area contributed by atoms with Crippen LogP contribution in [-0.2, 0) is 14.3 Å². The molecule has 4 heteroatoms. The van der Waals surface area contributed by atoms with Crippen molar-refractivity contribution in [2.24, 2.45) is 0 Å². The summed E-state index contributed by atoms with van der Waals surface area (Å²) in [5, 5.41) is 3.11. The molecule has 0 saturated heterocycles. The van der Waals surface area contributed by atoms with Crippen molar-refractivity contribution in [1.82, 2.24) is 5.32 Å². The monoisotopic (exact) mass is 259 g/mol. The maximum absolute atomic E-state index is 11.1. The van der Waals surface area contributed by atoms with Crippen LogP contribution >= 0.6 is 0 Å². The molecule has 108 valence electrons. The normalized spacial score (nSPS) is 12.8. The molecule has 0 amide bonds. The summed E-state index contributed by atoms with van der Waals surface area (Å²) in [6, 6.07) is 0. The van der Waals surface area contributed by atoms with Crippen molar-refractivity contribution in [2.75, 3.05) is 26.8 Å². The van der Waals surface area contributed by atoms with E-state index in [2.05, 4.69) is 19.2 Å². The SMILES string of the molecule is CNCCC(C)(C)OCCOC(C)(C)CC(C)=O. The summed E-state index contributed by atoms with van der Waals surface area (Å²) in [6.45, 7) is 11.6. The zero-order valence-corrected chi connectivity index (χ0v) is 12.8. The molecule has 0 spiro atoms. The van der Waals surface area contributed by atoms with Gasteiger partial charge in [0.15, 0.2) is 0 Å². The predicted octanol–water partition coefficient (Wildman–Crippen LogP) is 2.17. The number of hydrogen-bond donors (Lipinski definition) is 1. The van der Waals surface area contributed by atoms with Gasteiger partial charge >= 0.3 is 0 Å². The quantitative estimate of drug-likeness (QED) is 0.611. The van der Waals surface area contributed by atoms with E-state index >= 15 is 0 Å². The highest BCUT2D eigenvalue weighted by molar-refractivity contribution is 5.76. The van der Waals surface area contributed by atoms with Crippen molar-refractivity contribution in [3.63, 3.8) is 0 Å². The van der Waals surface area contributed by atoms with E-state index in [4.69, 9.17) is 9.47 Å². The number of carbonyl (C=O) groups excluding carboxylic acids is 1. The van der Waals surface area contributed by atoms with Gasteiger partial charge in [-0.2, -0.15) is 0 Å². The summed E-state index contributed by atoms with van der Waals surface area (Å²) < 4.78 is 11.5. The number of hydrogen-bond acceptors (Lipinski definition) is 4. The van der Waals surface area contributed by atoms with Crippen LogP contribution in [0.2, 0.25) is 0 Å². The second-order valence-electron chi connectivity index (χ2n) is 5.95. The van der Waals surface area contributed by atoms with Gasteiger partial charge in [-0.3, -0.25) is 4.79 Å². The number of carbonyl (C=O) groups is 1. The third kappa shape index (κ3) is 9.57. The molecule has 0 aromatic rings. The lowest BCUT2D eigenvalue weighted by Crippen LogP contribution is -2.33. The highest BCUT2D eigenvalue weighted by Gasteiger charge is 2.22. The molecule has 4 nitrogen and oxygen atoms in total. The molecule has 0 atom stereocenters. The number of Topliss-reactive ketones (excluding diaryl/α,β-unsaturated/α-hetero) is 1. The Labute approximate surface area is 111 Å². The second kappa shape index (κ2) is 7.87. The summed E-state index contributed by atoms with van der Waals surface area (Å²) in [6.07, 6.45) is 1.40. The first kappa shape index (κ1) is 17.6. The smallest absolute Gasteiger partial charge is 0.132 e. The topological polar surface area (TPSA) is 47.6 Å². The summed E-state index contributed by atoms with van der Waals surface area (Å²) >= 11 is 0. The fourth-order valence-corrected chi connectivity index (χ4v) is 1.78. The van der Waals surface area contributed by atoms with E-state index < -0.39 is 5.60 Å². The third-order valence-corrected chi connectivity index (χ3v) is 2.72. The summed E-state index contributed by atoms with van der Waals surface area (Å²) in [5.74, 6) is 0.148. The molecule has 0 aliphatic heterocycles. The fourth-order valence-electron chi connectivity index (χ4n) is 1.78. The highest BCUT2D eigenvalue weighted by Crippen LogP contribution is 2.16. The molecule has 0 aliphatic rings. The predicted molar refractivity (Wildman–Crippen MR) is 73.9 cm³/mol. The molecular weight excluding hydrogens is 230 g/mol. The van der Waals surface area contributed by atoms with E-state index in [1.807, 2.05) is 20.9 Å². The average molecular weight is 259 g/mol. The van der Waals surface area contributed by atoms with Crippen molar-refractivity contribution in [2.45, 2.75) is 58.7 Å². The molecule has 18 heavy (non-hydrogen) atoms. The molecular formula is C14H29NO3. The van der Waals surface area contributed by atoms with Crippen LogP contribution in [0.1, 0.15) is 47.5 Å². The van der Waals surface area contributed by atoms with E-state index in [0.717, 1.165) is 13.0 Å². The molecule has 0 aliphatic carbocycles. The molecule has 0 unspecified atom stereocenters. The molecule has 0 bridgehead atoms. The second-order valence-corrected chi connectivity index (χ2v) is 5.95. The summed E-state index contributed by atoms with van der Waals surface area (Å²) in [4.78, 5) is 11.1. The Morgan fingerprint density at radius 2 is 1.56 bits per heavy atom. The molecule has 0 fully saturated rings. The Balaban J connectivity index is 3.81. The van der Waals surface area contributed by atoms with Crippen LogP contribution in [0.5, 0.6) is 0 Å². The van der Waals surface area contributed by atoms with E-state index in [9.17, 15) is 4.79 Å². The Morgan fingerprint density at radius 1 is 1.06 bits per heavy atom. The zero-order chi connectivity index (χ0) is 14.2. The Bertz CT molecular complexity index is 249. The minimum Gasteiger partial charge on any atom is -0.373 e. The van der Waals surface area contributed by atoms with Crippen molar-refractivity contribution >= 4 is 5.78 Å². The van der Waals surface area contributed by atoms with Gasteiger partial charge < -0.3 is 14.8 Å². The van der Waals surface area contributed by atoms with Crippen LogP contribution in [0.25, 0.3) is 0 Å². The fraction of sp³-hybridized carbons (Fsp3) is 0.929. The van der Waals surface area contributed by atoms with E-state index in [-0.39, 0.29) is 11.4 Å². The number of ether oxygens (including phenoxy) is 2. The molecule has 0 aromatic carbocycles. The van der Waals surface area contributed by atoms with Crippen molar-refractivity contribution in [3.05, 3.63) is 0 Å². The number of nitrogens with one attached hydrogen (secondary N) is 1. The standard InChI is InChI=1S/C14H29NO3/c1-12(16)11-14(4,5)18-10-9-17-13(2,3)7-8-15-6/h15H,7-11H2,1-6H3. The highest BCUT2D eigenvalue weighted by atomic mass is 16.5. The zero-order valence-electron chi connectivity index (χ0n) is 12.8. The molecule has 0 saturated carbocycles. The Hall–Kier alpha value is -0.450. The van der Waals surface area contributed by atoms with Crippen LogP contribution in [0, 0.1) is 0 Å². The Morgan fingerprint density at radius 3 is 2.00 bits per heavy atom. The molecule has 0 rings (SSSR count). The summed E-state index contributed by atoms with van der Waals surface area (Å²) in [5.41, 5.74) is -0.540. The van der Waals surface area contributed by atoms with Crippen LogP contribution in [-0.4, -0.2) is 43.8 Å². The first-order valence-corrected chi connectivity index (χ1v) is 6.60. The minimum atomic E-state index is -0.399. The van der Waals surface area contributed by atoms with Gasteiger partial charge in [-0.15, -0.1) is 0 Å². The molecule has 0 radical (unpaired) electrons. The van der Waals surface area contributed by atoms with Crippen molar-refractivity contribution in [3.8, 4) is 0 Å². The van der Waals surface area contributed by atoms with Crippen LogP contribution in [0.15, 0.2) is 0 Å². The van der Waals surface area contributed by atoms with Gasteiger partial charge in [-0.05, 0) is 54.6 Å². The van der Waals surface area contributed by atoms with Gasteiger partial charge in [0.2, 0.25) is 0 Å². The van der Waals surface area contributed by atoms with Crippen LogP contribution in [0.4, 0.5) is 0 Å². The number of rotatable bonds is 10. The molecule has 0 heterocycles. The van der Waals surface area contributed by atoms with E-state index in [1.54, 1.807) is 6.92 Å². The minimum absolute atomic E-state index is 0.142. The largest absolute Gasteiger partial charge is 0.373 e. The van der Waals surface area contributed by atoms with Gasteiger partial charge in [0.1, 0.15) is 5.78 Å². The maximum Gasteiger partial charge on any atom is 0.132 e. The van der Waals surface area contributed by atoms with Gasteiger partial charge in [0, 0.05) is 6.42 Å². The number of ketones is 1. The Kier molecular flexibility index (Phi) is 7.67. The maximum atomic E-state index is 11.1. The molecule has 0 aromatic heterocycles. The van der Waals surface area contributed by atoms with Crippen LogP contribution in [0.3, 0.4) is 0 Å².